The highest BCUT2D eigenvalue weighted by molar-refractivity contribution is 5.83. The molecule has 7 heteroatoms. The molecule has 1 aromatic carbocycles. The zero-order valence-corrected chi connectivity index (χ0v) is 10.7. The Kier molecular flexibility index (Phi) is 4.33. The number of aromatic nitrogens is 3. The Labute approximate surface area is 111 Å². The Balaban J connectivity index is 2.04. The van der Waals surface area contributed by atoms with Gasteiger partial charge >= 0.3 is 0 Å². The maximum absolute atomic E-state index is 5.62. The summed E-state index contributed by atoms with van der Waals surface area (Å²) >= 11 is 0. The van der Waals surface area contributed by atoms with Gasteiger partial charge in [0.2, 0.25) is 0 Å². The predicted octanol–water partition coefficient (Wildman–Crippen LogP) is 1.23. The van der Waals surface area contributed by atoms with Crippen molar-refractivity contribution in [3.63, 3.8) is 0 Å². The molecule has 0 amide bonds. The van der Waals surface area contributed by atoms with Crippen LogP contribution in [-0.4, -0.2) is 27.7 Å². The molecule has 0 saturated carbocycles. The first-order valence-electron chi connectivity index (χ1n) is 5.97. The summed E-state index contributed by atoms with van der Waals surface area (Å²) in [5.41, 5.74) is 3.58. The van der Waals surface area contributed by atoms with E-state index in [1.54, 1.807) is 6.21 Å². The average molecular weight is 260 g/mol. The van der Waals surface area contributed by atoms with Gasteiger partial charge in [-0.05, 0) is 18.6 Å². The molecular weight excluding hydrogens is 244 g/mol. The molecule has 2 aromatic rings. The number of hydrogen-bond donors (Lipinski definition) is 2. The van der Waals surface area contributed by atoms with Crippen LogP contribution in [0.3, 0.4) is 0 Å². The van der Waals surface area contributed by atoms with Crippen molar-refractivity contribution in [2.45, 2.75) is 13.3 Å². The molecule has 0 fully saturated rings. The minimum Gasteiger partial charge on any atom is -0.493 e. The molecule has 0 saturated heterocycles. The fourth-order valence-electron chi connectivity index (χ4n) is 1.41. The fourth-order valence-corrected chi connectivity index (χ4v) is 1.41. The minimum atomic E-state index is 0.364. The number of anilines is 1. The van der Waals surface area contributed by atoms with Crippen molar-refractivity contribution < 1.29 is 4.74 Å². The predicted molar refractivity (Wildman–Crippen MR) is 73.6 cm³/mol. The standard InChI is InChI=1S/C12H16N6O/c1-2-7-19-11-6-4-3-5-10(11)8-14-16-12-17-15-9-18(12)13/h3-6,8-9H,2,7,13H2,1H3,(H,16,17)/b14-8-. The van der Waals surface area contributed by atoms with Gasteiger partial charge in [0, 0.05) is 5.56 Å². The molecule has 0 aliphatic heterocycles. The Morgan fingerprint density at radius 1 is 1.47 bits per heavy atom. The van der Waals surface area contributed by atoms with E-state index in [-0.39, 0.29) is 0 Å². The fraction of sp³-hybridized carbons (Fsp3) is 0.250. The van der Waals surface area contributed by atoms with Crippen LogP contribution in [0.15, 0.2) is 35.7 Å². The number of para-hydroxylation sites is 1. The molecule has 0 radical (unpaired) electrons. The lowest BCUT2D eigenvalue weighted by Crippen LogP contribution is -2.10. The summed E-state index contributed by atoms with van der Waals surface area (Å²) in [6.07, 6.45) is 4.00. The Morgan fingerprint density at radius 3 is 3.05 bits per heavy atom. The van der Waals surface area contributed by atoms with Crippen molar-refractivity contribution in [1.82, 2.24) is 14.9 Å². The third-order valence-electron chi connectivity index (χ3n) is 2.32. The van der Waals surface area contributed by atoms with E-state index in [1.165, 1.54) is 11.0 Å². The number of benzene rings is 1. The Morgan fingerprint density at radius 2 is 2.32 bits per heavy atom. The van der Waals surface area contributed by atoms with Gasteiger partial charge in [-0.2, -0.15) is 5.10 Å². The summed E-state index contributed by atoms with van der Waals surface area (Å²) < 4.78 is 6.87. The van der Waals surface area contributed by atoms with Gasteiger partial charge in [-0.1, -0.05) is 19.1 Å². The molecular formula is C12H16N6O. The van der Waals surface area contributed by atoms with Crippen LogP contribution in [-0.2, 0) is 0 Å². The number of nitrogens with two attached hydrogens (primary N) is 1. The highest BCUT2D eigenvalue weighted by Crippen LogP contribution is 2.16. The molecule has 0 unspecified atom stereocenters. The highest BCUT2D eigenvalue weighted by Gasteiger charge is 2.00. The number of hydrogen-bond acceptors (Lipinski definition) is 6. The second kappa shape index (κ2) is 6.39. The topological polar surface area (TPSA) is 90.3 Å². The van der Waals surface area contributed by atoms with E-state index in [0.717, 1.165) is 17.7 Å². The van der Waals surface area contributed by atoms with Gasteiger partial charge in [0.05, 0.1) is 12.8 Å². The van der Waals surface area contributed by atoms with Crippen LogP contribution in [0.1, 0.15) is 18.9 Å². The second-order valence-electron chi connectivity index (χ2n) is 3.82. The molecule has 0 atom stereocenters. The quantitative estimate of drug-likeness (QED) is 0.463. The third kappa shape index (κ3) is 3.44. The first-order valence-corrected chi connectivity index (χ1v) is 5.97. The SMILES string of the molecule is CCCOc1ccccc1/C=N\Nc1nncn1N. The summed E-state index contributed by atoms with van der Waals surface area (Å²) in [6, 6.07) is 7.67. The average Bonchev–Trinajstić information content (AvgIpc) is 2.83. The summed E-state index contributed by atoms with van der Waals surface area (Å²) in [6.45, 7) is 2.74. The highest BCUT2D eigenvalue weighted by atomic mass is 16.5. The number of rotatable bonds is 6. The van der Waals surface area contributed by atoms with Gasteiger partial charge in [0.15, 0.2) is 0 Å². The molecule has 1 aromatic heterocycles. The maximum atomic E-state index is 5.62. The van der Waals surface area contributed by atoms with Crippen molar-refractivity contribution in [2.24, 2.45) is 5.10 Å². The molecule has 100 valence electrons. The van der Waals surface area contributed by atoms with Gasteiger partial charge < -0.3 is 10.6 Å². The zero-order chi connectivity index (χ0) is 13.5. The number of nitrogen functional groups attached to an aromatic ring is 1. The molecule has 1 heterocycles. The number of hydrazone groups is 1. The van der Waals surface area contributed by atoms with Crippen LogP contribution in [0.5, 0.6) is 5.75 Å². The van der Waals surface area contributed by atoms with E-state index in [4.69, 9.17) is 10.6 Å². The van der Waals surface area contributed by atoms with Crippen molar-refractivity contribution in [2.75, 3.05) is 17.9 Å². The van der Waals surface area contributed by atoms with E-state index in [1.807, 2.05) is 24.3 Å². The van der Waals surface area contributed by atoms with Crippen molar-refractivity contribution >= 4 is 12.2 Å². The molecule has 2 rings (SSSR count). The van der Waals surface area contributed by atoms with Crippen LogP contribution in [0.4, 0.5) is 5.95 Å². The Hall–Kier alpha value is -2.57. The van der Waals surface area contributed by atoms with E-state index in [0.29, 0.717) is 12.6 Å². The molecule has 19 heavy (non-hydrogen) atoms. The monoisotopic (exact) mass is 260 g/mol. The largest absolute Gasteiger partial charge is 0.493 e. The van der Waals surface area contributed by atoms with Crippen LogP contribution in [0.25, 0.3) is 0 Å². The lowest BCUT2D eigenvalue weighted by Gasteiger charge is -2.07. The van der Waals surface area contributed by atoms with Crippen LogP contribution in [0, 0.1) is 0 Å². The van der Waals surface area contributed by atoms with E-state index >= 15 is 0 Å². The first-order chi connectivity index (χ1) is 9.31. The maximum Gasteiger partial charge on any atom is 0.263 e. The second-order valence-corrected chi connectivity index (χ2v) is 3.82. The molecule has 0 spiro atoms. The molecule has 7 nitrogen and oxygen atoms in total. The third-order valence-corrected chi connectivity index (χ3v) is 2.32. The van der Waals surface area contributed by atoms with Crippen molar-refractivity contribution in [1.29, 1.82) is 0 Å². The number of ether oxygens (including phenoxy) is 1. The molecule has 3 N–H and O–H groups in total. The van der Waals surface area contributed by atoms with E-state index in [2.05, 4.69) is 27.6 Å². The lowest BCUT2D eigenvalue weighted by atomic mass is 10.2. The van der Waals surface area contributed by atoms with Gasteiger partial charge in [-0.15, -0.1) is 10.2 Å². The minimum absolute atomic E-state index is 0.364. The number of nitrogens with one attached hydrogen (secondary N) is 1. The summed E-state index contributed by atoms with van der Waals surface area (Å²) in [5.74, 6) is 6.71. The van der Waals surface area contributed by atoms with E-state index in [9.17, 15) is 0 Å². The lowest BCUT2D eigenvalue weighted by molar-refractivity contribution is 0.317. The molecule has 0 aliphatic carbocycles. The van der Waals surface area contributed by atoms with Crippen LogP contribution in [0.2, 0.25) is 0 Å². The first kappa shape index (κ1) is 12.9. The van der Waals surface area contributed by atoms with E-state index < -0.39 is 0 Å². The Bertz CT molecular complexity index is 551. The van der Waals surface area contributed by atoms with Crippen molar-refractivity contribution in [3.8, 4) is 5.75 Å². The molecule has 0 bridgehead atoms. The van der Waals surface area contributed by atoms with Gasteiger partial charge in [-0.3, -0.25) is 0 Å². The van der Waals surface area contributed by atoms with Crippen LogP contribution < -0.4 is 16.0 Å². The zero-order valence-electron chi connectivity index (χ0n) is 10.7. The smallest absolute Gasteiger partial charge is 0.263 e. The normalized spacial score (nSPS) is 10.8. The van der Waals surface area contributed by atoms with Gasteiger partial charge in [0.1, 0.15) is 12.1 Å². The summed E-state index contributed by atoms with van der Waals surface area (Å²) in [4.78, 5) is 0. The van der Waals surface area contributed by atoms with Gasteiger partial charge in [0.25, 0.3) is 5.95 Å². The van der Waals surface area contributed by atoms with Crippen molar-refractivity contribution in [3.05, 3.63) is 36.2 Å². The van der Waals surface area contributed by atoms with Gasteiger partial charge in [-0.25, -0.2) is 10.1 Å². The molecule has 0 aliphatic rings. The summed E-state index contributed by atoms with van der Waals surface area (Å²) in [5, 5.41) is 11.4. The number of nitrogens with zero attached hydrogens (tertiary/aromatic N) is 4. The van der Waals surface area contributed by atoms with Crippen LogP contribution >= 0.6 is 0 Å². The summed E-state index contributed by atoms with van der Waals surface area (Å²) in [7, 11) is 0.